The van der Waals surface area contributed by atoms with Crippen LogP contribution in [0.1, 0.15) is 62.8 Å². The van der Waals surface area contributed by atoms with E-state index in [0.717, 1.165) is 11.8 Å². The van der Waals surface area contributed by atoms with Crippen LogP contribution in [0.15, 0.2) is 77.4 Å². The highest BCUT2D eigenvalue weighted by molar-refractivity contribution is 5.95. The third-order valence-electron chi connectivity index (χ3n) is 9.09. The fourth-order valence-electron chi connectivity index (χ4n) is 6.42. The number of esters is 1. The fourth-order valence-corrected chi connectivity index (χ4v) is 6.42. The van der Waals surface area contributed by atoms with Crippen molar-refractivity contribution in [2.45, 2.75) is 83.8 Å². The van der Waals surface area contributed by atoms with Crippen molar-refractivity contribution >= 4 is 23.7 Å². The van der Waals surface area contributed by atoms with Crippen LogP contribution < -0.4 is 10.6 Å². The lowest BCUT2D eigenvalue weighted by molar-refractivity contribution is -0.159. The highest BCUT2D eigenvalue weighted by atomic mass is 19.1. The van der Waals surface area contributed by atoms with Gasteiger partial charge in [-0.15, -0.1) is 5.10 Å². The fraction of sp³-hybridized carbons (Fsp3) is 0.474. The Kier molecular flexibility index (Phi) is 14.0. The summed E-state index contributed by atoms with van der Waals surface area (Å²) < 4.78 is 27.9. The Morgan fingerprint density at radius 3 is 2.81 bits per heavy atom. The summed E-state index contributed by atoms with van der Waals surface area (Å²) in [7, 11) is 0. The van der Waals surface area contributed by atoms with Gasteiger partial charge in [-0.05, 0) is 43.9 Å². The van der Waals surface area contributed by atoms with Gasteiger partial charge >= 0.3 is 5.97 Å². The van der Waals surface area contributed by atoms with Gasteiger partial charge in [-0.2, -0.15) is 0 Å². The summed E-state index contributed by atoms with van der Waals surface area (Å²) >= 11 is 0. The van der Waals surface area contributed by atoms with E-state index in [9.17, 15) is 28.7 Å². The summed E-state index contributed by atoms with van der Waals surface area (Å²) in [4.78, 5) is 63.1. The number of alkyl halides is 1. The van der Waals surface area contributed by atoms with E-state index in [4.69, 9.17) is 9.15 Å². The molecule has 0 radical (unpaired) electrons. The van der Waals surface area contributed by atoms with E-state index in [1.165, 1.54) is 17.1 Å². The van der Waals surface area contributed by atoms with Crippen LogP contribution in [-0.2, 0) is 32.1 Å². The Hall–Kier alpha value is -5.51. The highest BCUT2D eigenvalue weighted by Gasteiger charge is 2.39. The van der Waals surface area contributed by atoms with Gasteiger partial charge in [0.25, 0.3) is 5.91 Å². The molecule has 5 unspecified atom stereocenters. The number of pyridine rings is 1. The molecule has 1 saturated heterocycles. The normalized spacial score (nSPS) is 24.0. The summed E-state index contributed by atoms with van der Waals surface area (Å²) in [5, 5.41) is 24.3. The Labute approximate surface area is 312 Å². The minimum atomic E-state index is -1.50. The summed E-state index contributed by atoms with van der Waals surface area (Å²) in [6, 6.07) is 2.75. The van der Waals surface area contributed by atoms with Crippen molar-refractivity contribution in [3.05, 3.63) is 84.5 Å². The first kappa shape index (κ1) is 39.7. The number of aliphatic hydroxyl groups excluding tert-OH is 1. The molecule has 5 atom stereocenters. The van der Waals surface area contributed by atoms with Crippen LogP contribution in [0.25, 0.3) is 11.3 Å². The van der Waals surface area contributed by atoms with Gasteiger partial charge in [-0.1, -0.05) is 48.9 Å². The van der Waals surface area contributed by atoms with Crippen LogP contribution in [0, 0.1) is 11.8 Å². The van der Waals surface area contributed by atoms with E-state index in [1.54, 1.807) is 54.5 Å². The van der Waals surface area contributed by atoms with Crippen molar-refractivity contribution in [1.82, 2.24) is 40.5 Å². The first-order valence-electron chi connectivity index (χ1n) is 18.1. The number of carbonyl (C=O) groups is 4. The second-order valence-corrected chi connectivity index (χ2v) is 13.8. The zero-order valence-corrected chi connectivity index (χ0v) is 30.6. The predicted molar refractivity (Wildman–Crippen MR) is 194 cm³/mol. The number of rotatable bonds is 7. The third kappa shape index (κ3) is 11.2. The number of allylic oxidation sites excluding steroid dienone is 2. The monoisotopic (exact) mass is 746 g/mol. The second-order valence-electron chi connectivity index (χ2n) is 13.8. The predicted octanol–water partition coefficient (Wildman–Crippen LogP) is 3.14. The van der Waals surface area contributed by atoms with Crippen molar-refractivity contribution in [2.24, 2.45) is 11.8 Å². The molecule has 2 aliphatic rings. The molecule has 0 saturated carbocycles. The average molecular weight is 747 g/mol. The Morgan fingerprint density at radius 1 is 1.20 bits per heavy atom. The number of carbonyl (C=O) groups excluding carboxylic acids is 4. The lowest BCUT2D eigenvalue weighted by Gasteiger charge is -2.30. The molecular weight excluding hydrogens is 699 g/mol. The molecule has 3 aromatic heterocycles. The molecule has 288 valence electrons. The number of cyclic esters (lactones) is 1. The number of halogens is 1. The van der Waals surface area contributed by atoms with E-state index in [2.05, 4.69) is 30.9 Å². The van der Waals surface area contributed by atoms with Crippen LogP contribution in [0.3, 0.4) is 0 Å². The van der Waals surface area contributed by atoms with Crippen molar-refractivity contribution in [3.63, 3.8) is 0 Å². The van der Waals surface area contributed by atoms with Gasteiger partial charge in [0.15, 0.2) is 11.6 Å². The number of nitrogens with one attached hydrogen (secondary N) is 2. The van der Waals surface area contributed by atoms with Gasteiger partial charge in [0.2, 0.25) is 11.8 Å². The zero-order chi connectivity index (χ0) is 38.6. The summed E-state index contributed by atoms with van der Waals surface area (Å²) in [5.41, 5.74) is 2.05. The molecule has 2 bridgehead atoms. The van der Waals surface area contributed by atoms with E-state index in [-0.39, 0.29) is 62.3 Å². The Bertz CT molecular complexity index is 1840. The van der Waals surface area contributed by atoms with Gasteiger partial charge in [0.1, 0.15) is 30.3 Å². The topological polar surface area (TPSA) is 195 Å². The van der Waals surface area contributed by atoms with Gasteiger partial charge in [-0.25, -0.2) is 14.2 Å². The summed E-state index contributed by atoms with van der Waals surface area (Å²) in [6.07, 6.45) is 10.9. The molecule has 5 heterocycles. The van der Waals surface area contributed by atoms with Gasteiger partial charge in [0, 0.05) is 56.4 Å². The van der Waals surface area contributed by atoms with Crippen LogP contribution in [0.2, 0.25) is 0 Å². The number of aliphatic hydroxyl groups is 1. The SMILES string of the molecule is CC1=CC(O)CC(F)Cc2nc(co2)C(=O)N2CCCC2C(=O)OC(C(C)C)C(CC(=O)NCCn2cc(-c3cccnc3)nn2)/C=C/C(=O)NCC=C1. The molecule has 1 fully saturated rings. The first-order chi connectivity index (χ1) is 26.0. The first-order valence-corrected chi connectivity index (χ1v) is 18.1. The Morgan fingerprint density at radius 2 is 2.04 bits per heavy atom. The van der Waals surface area contributed by atoms with Gasteiger partial charge < -0.3 is 29.8 Å². The molecule has 2 aliphatic heterocycles. The molecule has 16 heteroatoms. The molecule has 3 amide bonds. The van der Waals surface area contributed by atoms with Crippen LogP contribution in [0.4, 0.5) is 4.39 Å². The number of hydrogen-bond acceptors (Lipinski definition) is 11. The minimum Gasteiger partial charge on any atom is -0.460 e. The molecule has 54 heavy (non-hydrogen) atoms. The molecule has 0 aromatic carbocycles. The maximum Gasteiger partial charge on any atom is 0.329 e. The highest BCUT2D eigenvalue weighted by Crippen LogP contribution is 2.27. The van der Waals surface area contributed by atoms with Crippen molar-refractivity contribution in [2.75, 3.05) is 19.6 Å². The van der Waals surface area contributed by atoms with Gasteiger partial charge in [0.05, 0.1) is 25.3 Å². The molecule has 15 nitrogen and oxygen atoms in total. The number of oxazole rings is 1. The number of ether oxygens (including phenoxy) is 1. The number of nitrogens with zero attached hydrogens (tertiary/aromatic N) is 6. The molecular formula is C38H47FN8O7. The smallest absolute Gasteiger partial charge is 0.329 e. The molecule has 0 spiro atoms. The molecule has 5 rings (SSSR count). The third-order valence-corrected chi connectivity index (χ3v) is 9.09. The zero-order valence-electron chi connectivity index (χ0n) is 30.6. The largest absolute Gasteiger partial charge is 0.460 e. The summed E-state index contributed by atoms with van der Waals surface area (Å²) in [6.45, 7) is 6.44. The lowest BCUT2D eigenvalue weighted by Crippen LogP contribution is -2.44. The maximum atomic E-state index is 14.8. The Balaban J connectivity index is 1.32. The average Bonchev–Trinajstić information content (AvgIpc) is 3.92. The second kappa shape index (κ2) is 19.0. The number of aromatic nitrogens is 5. The van der Waals surface area contributed by atoms with Crippen molar-refractivity contribution in [1.29, 1.82) is 0 Å². The van der Waals surface area contributed by atoms with E-state index < -0.39 is 48.1 Å². The van der Waals surface area contributed by atoms with Crippen LogP contribution in [0.5, 0.6) is 0 Å². The number of hydrogen-bond donors (Lipinski definition) is 3. The molecule has 0 aliphatic carbocycles. The molecule has 3 N–H and O–H groups in total. The van der Waals surface area contributed by atoms with Crippen LogP contribution >= 0.6 is 0 Å². The van der Waals surface area contributed by atoms with E-state index in [0.29, 0.717) is 30.7 Å². The van der Waals surface area contributed by atoms with E-state index >= 15 is 0 Å². The quantitative estimate of drug-likeness (QED) is 0.301. The maximum absolute atomic E-state index is 14.8. The van der Waals surface area contributed by atoms with E-state index in [1.807, 2.05) is 19.9 Å². The van der Waals surface area contributed by atoms with Crippen molar-refractivity contribution < 1.29 is 37.8 Å². The van der Waals surface area contributed by atoms with Crippen molar-refractivity contribution in [3.8, 4) is 11.3 Å². The minimum absolute atomic E-state index is 0.00495. The lowest BCUT2D eigenvalue weighted by atomic mass is 9.89. The van der Waals surface area contributed by atoms with Gasteiger partial charge in [-0.3, -0.25) is 24.0 Å². The molecule has 3 aromatic rings. The number of amides is 3. The van der Waals surface area contributed by atoms with Crippen LogP contribution in [-0.4, -0.2) is 103 Å². The number of fused-ring (bicyclic) bond motifs is 3. The standard InChI is InChI=1S/C38H47FN8O7/c1-24(2)36-26(18-34(50)42-14-16-46-22-30(44-45-46)27-8-5-12-40-21-27)10-11-33(49)41-13-4-7-25(3)17-29(48)19-28(39)20-35-43-31(23-53-35)37(51)47-15-6-9-32(47)38(52)54-36/h4-5,7-8,10-12,17,21-24,26,28-29,32,36,48H,6,9,13-16,18-20H2,1-3H3,(H,41,49)(H,42,50)/b7-4?,11-10+,25-17?. The summed E-state index contributed by atoms with van der Waals surface area (Å²) in [5.74, 6) is -2.96.